The van der Waals surface area contributed by atoms with Crippen LogP contribution in [-0.2, 0) is 4.79 Å². The molecule has 0 saturated carbocycles. The summed E-state index contributed by atoms with van der Waals surface area (Å²) in [6.07, 6.45) is -0.305. The highest BCUT2D eigenvalue weighted by Crippen LogP contribution is 2.26. The SMILES string of the molecule is O=C(CCNC(=O)c1ccccc1)NNc1c(F)c(F)c(F)c(F)c1F. The molecule has 26 heavy (non-hydrogen) atoms. The van der Waals surface area contributed by atoms with Gasteiger partial charge in [-0.25, -0.2) is 22.0 Å². The maximum atomic E-state index is 13.4. The van der Waals surface area contributed by atoms with Crippen molar-refractivity contribution >= 4 is 17.5 Å². The van der Waals surface area contributed by atoms with Crippen LogP contribution in [0, 0.1) is 29.1 Å². The largest absolute Gasteiger partial charge is 0.352 e. The van der Waals surface area contributed by atoms with Crippen molar-refractivity contribution in [3.05, 3.63) is 65.0 Å². The average molecular weight is 373 g/mol. The van der Waals surface area contributed by atoms with Crippen LogP contribution in [0.15, 0.2) is 30.3 Å². The number of anilines is 1. The molecule has 2 aromatic rings. The molecule has 2 amide bonds. The van der Waals surface area contributed by atoms with E-state index in [2.05, 4.69) is 5.32 Å². The van der Waals surface area contributed by atoms with E-state index in [1.54, 1.807) is 41.2 Å². The Morgan fingerprint density at radius 2 is 1.35 bits per heavy atom. The first-order valence-corrected chi connectivity index (χ1v) is 7.22. The van der Waals surface area contributed by atoms with Crippen molar-refractivity contribution in [1.29, 1.82) is 0 Å². The minimum absolute atomic E-state index is 0.113. The third kappa shape index (κ3) is 4.26. The lowest BCUT2D eigenvalue weighted by molar-refractivity contribution is -0.120. The second kappa shape index (κ2) is 8.28. The molecule has 0 aromatic heterocycles. The van der Waals surface area contributed by atoms with Gasteiger partial charge in [0.15, 0.2) is 23.3 Å². The van der Waals surface area contributed by atoms with Gasteiger partial charge in [-0.15, -0.1) is 0 Å². The van der Waals surface area contributed by atoms with Gasteiger partial charge in [-0.05, 0) is 12.1 Å². The summed E-state index contributed by atoms with van der Waals surface area (Å²) in [4.78, 5) is 23.3. The van der Waals surface area contributed by atoms with E-state index in [0.29, 0.717) is 5.56 Å². The van der Waals surface area contributed by atoms with Crippen LogP contribution in [0.25, 0.3) is 0 Å². The van der Waals surface area contributed by atoms with Crippen LogP contribution in [0.4, 0.5) is 27.6 Å². The predicted octanol–water partition coefficient (Wildman–Crippen LogP) is 2.65. The van der Waals surface area contributed by atoms with Gasteiger partial charge in [0.1, 0.15) is 5.69 Å². The van der Waals surface area contributed by atoms with Gasteiger partial charge in [0, 0.05) is 18.5 Å². The van der Waals surface area contributed by atoms with E-state index in [-0.39, 0.29) is 13.0 Å². The van der Waals surface area contributed by atoms with Crippen LogP contribution >= 0.6 is 0 Å². The van der Waals surface area contributed by atoms with Crippen molar-refractivity contribution < 1.29 is 31.5 Å². The Morgan fingerprint density at radius 1 is 0.808 bits per heavy atom. The van der Waals surface area contributed by atoms with E-state index in [1.807, 2.05) is 0 Å². The number of nitrogens with one attached hydrogen (secondary N) is 3. The molecule has 10 heteroatoms. The molecule has 0 bridgehead atoms. The van der Waals surface area contributed by atoms with Crippen molar-refractivity contribution in [2.24, 2.45) is 0 Å². The standard InChI is InChI=1S/C16H12F5N3O2/c17-10-11(18)13(20)15(14(21)12(10)19)24-23-9(25)6-7-22-16(26)8-4-2-1-3-5-8/h1-5,24H,6-7H2,(H,22,26)(H,23,25). The molecule has 138 valence electrons. The van der Waals surface area contributed by atoms with Gasteiger partial charge in [-0.2, -0.15) is 0 Å². The topological polar surface area (TPSA) is 70.2 Å². The molecule has 0 aliphatic rings. The monoisotopic (exact) mass is 373 g/mol. The Labute approximate surface area is 144 Å². The average Bonchev–Trinajstić information content (AvgIpc) is 2.65. The van der Waals surface area contributed by atoms with Crippen LogP contribution in [0.5, 0.6) is 0 Å². The molecular formula is C16H12F5N3O2. The Hall–Kier alpha value is -3.17. The molecule has 0 saturated heterocycles. The van der Waals surface area contributed by atoms with E-state index in [9.17, 15) is 31.5 Å². The molecule has 0 spiro atoms. The molecule has 2 rings (SSSR count). The Kier molecular flexibility index (Phi) is 6.10. The zero-order valence-electron chi connectivity index (χ0n) is 13.0. The molecule has 0 aliphatic carbocycles. The number of carbonyl (C=O) groups is 2. The highest BCUT2D eigenvalue weighted by Gasteiger charge is 2.25. The molecule has 5 nitrogen and oxygen atoms in total. The lowest BCUT2D eigenvalue weighted by Gasteiger charge is -2.12. The van der Waals surface area contributed by atoms with E-state index in [0.717, 1.165) is 0 Å². The number of hydrogen-bond acceptors (Lipinski definition) is 3. The maximum Gasteiger partial charge on any atom is 0.251 e. The Balaban J connectivity index is 1.87. The van der Waals surface area contributed by atoms with Gasteiger partial charge >= 0.3 is 0 Å². The third-order valence-corrected chi connectivity index (χ3v) is 3.21. The molecule has 0 atom stereocenters. The van der Waals surface area contributed by atoms with Crippen molar-refractivity contribution in [3.63, 3.8) is 0 Å². The number of halogens is 5. The highest BCUT2D eigenvalue weighted by molar-refractivity contribution is 5.94. The second-order valence-corrected chi connectivity index (χ2v) is 4.99. The Morgan fingerprint density at radius 3 is 1.92 bits per heavy atom. The van der Waals surface area contributed by atoms with Gasteiger partial charge in [-0.1, -0.05) is 18.2 Å². The van der Waals surface area contributed by atoms with Crippen molar-refractivity contribution in [2.45, 2.75) is 6.42 Å². The van der Waals surface area contributed by atoms with Crippen LogP contribution in [0.2, 0.25) is 0 Å². The number of rotatable bonds is 6. The number of hydrogen-bond donors (Lipinski definition) is 3. The first kappa shape index (κ1) is 19.2. The molecule has 0 aliphatic heterocycles. The van der Waals surface area contributed by atoms with Gasteiger partial charge < -0.3 is 5.32 Å². The van der Waals surface area contributed by atoms with Gasteiger partial charge in [0.25, 0.3) is 5.91 Å². The van der Waals surface area contributed by atoms with E-state index in [4.69, 9.17) is 0 Å². The van der Waals surface area contributed by atoms with Gasteiger partial charge in [0.05, 0.1) is 0 Å². The molecule has 0 radical (unpaired) electrons. The normalized spacial score (nSPS) is 10.3. The van der Waals surface area contributed by atoms with Crippen molar-refractivity contribution in [1.82, 2.24) is 10.7 Å². The quantitative estimate of drug-likeness (QED) is 0.316. The molecule has 2 aromatic carbocycles. The van der Waals surface area contributed by atoms with Gasteiger partial charge in [-0.3, -0.25) is 20.4 Å². The maximum absolute atomic E-state index is 13.4. The first-order valence-electron chi connectivity index (χ1n) is 7.22. The number of carbonyl (C=O) groups excluding carboxylic acids is 2. The van der Waals surface area contributed by atoms with Crippen LogP contribution in [-0.4, -0.2) is 18.4 Å². The third-order valence-electron chi connectivity index (χ3n) is 3.21. The van der Waals surface area contributed by atoms with E-state index < -0.39 is 46.6 Å². The van der Waals surface area contributed by atoms with Crippen molar-refractivity contribution in [3.8, 4) is 0 Å². The highest BCUT2D eigenvalue weighted by atomic mass is 19.2. The van der Waals surface area contributed by atoms with E-state index >= 15 is 0 Å². The number of amides is 2. The summed E-state index contributed by atoms with van der Waals surface area (Å²) in [6, 6.07) is 8.13. The van der Waals surface area contributed by atoms with Crippen LogP contribution in [0.1, 0.15) is 16.8 Å². The summed E-state index contributed by atoms with van der Waals surface area (Å²) in [6.45, 7) is -0.113. The lowest BCUT2D eigenvalue weighted by atomic mass is 10.2. The fraction of sp³-hybridized carbons (Fsp3) is 0.125. The molecule has 0 fully saturated rings. The summed E-state index contributed by atoms with van der Waals surface area (Å²) in [5, 5.41) is 2.43. The molecule has 3 N–H and O–H groups in total. The molecule has 0 unspecified atom stereocenters. The summed E-state index contributed by atoms with van der Waals surface area (Å²) >= 11 is 0. The number of benzene rings is 2. The zero-order chi connectivity index (χ0) is 19.3. The minimum atomic E-state index is -2.31. The van der Waals surface area contributed by atoms with Crippen LogP contribution in [0.3, 0.4) is 0 Å². The molecular weight excluding hydrogens is 361 g/mol. The fourth-order valence-electron chi connectivity index (χ4n) is 1.89. The summed E-state index contributed by atoms with van der Waals surface area (Å²) < 4.78 is 65.7. The van der Waals surface area contributed by atoms with E-state index in [1.165, 1.54) is 0 Å². The summed E-state index contributed by atoms with van der Waals surface area (Å²) in [5.41, 5.74) is 2.42. The molecule has 0 heterocycles. The summed E-state index contributed by atoms with van der Waals surface area (Å²) in [5.74, 6) is -12.1. The fourth-order valence-corrected chi connectivity index (χ4v) is 1.89. The van der Waals surface area contributed by atoms with Crippen molar-refractivity contribution in [2.75, 3.05) is 12.0 Å². The summed E-state index contributed by atoms with van der Waals surface area (Å²) in [7, 11) is 0. The number of hydrazine groups is 1. The second-order valence-electron chi connectivity index (χ2n) is 4.99. The van der Waals surface area contributed by atoms with Gasteiger partial charge in [0.2, 0.25) is 11.7 Å². The zero-order valence-corrected chi connectivity index (χ0v) is 13.0. The smallest absolute Gasteiger partial charge is 0.251 e. The lowest BCUT2D eigenvalue weighted by Crippen LogP contribution is -2.34. The Bertz CT molecular complexity index is 801. The predicted molar refractivity (Wildman–Crippen MR) is 81.4 cm³/mol. The minimum Gasteiger partial charge on any atom is -0.352 e. The van der Waals surface area contributed by atoms with Crippen LogP contribution < -0.4 is 16.2 Å². The first-order chi connectivity index (χ1) is 12.3.